The van der Waals surface area contributed by atoms with Crippen LogP contribution in [0.3, 0.4) is 0 Å². The smallest absolute Gasteiger partial charge is 0.0347 e. The van der Waals surface area contributed by atoms with Gasteiger partial charge in [-0.25, -0.2) is 0 Å². The molecule has 8 aromatic carbocycles. The zero-order valence-electron chi connectivity index (χ0n) is 94.6. The zero-order valence-corrected chi connectivity index (χ0v) is 87.6. The summed E-state index contributed by atoms with van der Waals surface area (Å²) in [6, 6.07) is 53.7. The molecule has 0 aliphatic carbocycles. The highest BCUT2D eigenvalue weighted by Gasteiger charge is 2.32. The second-order valence-corrected chi connectivity index (χ2v) is 47.9. The van der Waals surface area contributed by atoms with E-state index >= 15 is 0 Å². The van der Waals surface area contributed by atoms with E-state index in [1.165, 1.54) is 79.6 Å². The van der Waals surface area contributed by atoms with Gasteiger partial charge in [0.15, 0.2) is 0 Å². The molecule has 672 valence electrons. The summed E-state index contributed by atoms with van der Waals surface area (Å²) in [5.74, 6) is 1.82. The van der Waals surface area contributed by atoms with Gasteiger partial charge >= 0.3 is 0 Å². The van der Waals surface area contributed by atoms with Crippen LogP contribution in [0, 0.1) is 46.4 Å². The summed E-state index contributed by atoms with van der Waals surface area (Å²) < 4.78 is 54.7. The Hall–Kier alpha value is -6.24. The topological polar surface area (TPSA) is 0 Å². The van der Waals surface area contributed by atoms with Crippen molar-refractivity contribution in [3.05, 3.63) is 280 Å². The maximum Gasteiger partial charge on any atom is 0.0347 e. The van der Waals surface area contributed by atoms with Crippen LogP contribution >= 0.6 is 0 Å². The molecule has 0 nitrogen and oxygen atoms in total. The van der Waals surface area contributed by atoms with Crippen LogP contribution in [0.5, 0.6) is 0 Å². The first-order valence-corrected chi connectivity index (χ1v) is 45.9. The zero-order chi connectivity index (χ0) is 99.7. The Labute approximate surface area is 758 Å². The molecular weight excluding hydrogens is 1440 g/mol. The van der Waals surface area contributed by atoms with Crippen LogP contribution < -0.4 is 0 Å². The van der Waals surface area contributed by atoms with Crippen molar-refractivity contribution < 1.29 is 9.60 Å². The Morgan fingerprint density at radius 1 is 0.242 bits per heavy atom. The number of rotatable bonds is 9. The van der Waals surface area contributed by atoms with Crippen LogP contribution in [0.25, 0.3) is 0 Å². The first kappa shape index (κ1) is 99.2. The molecule has 0 N–H and O–H groups in total. The van der Waals surface area contributed by atoms with Crippen LogP contribution in [0.4, 0.5) is 0 Å². The molecule has 0 radical (unpaired) electrons. The van der Waals surface area contributed by atoms with Crippen LogP contribution in [0.2, 0.25) is 0 Å². The number of benzene rings is 8. The second kappa shape index (κ2) is 45.1. The molecule has 1 unspecified atom stereocenters. The largest absolute Gasteiger partial charge is 0.0625 e. The van der Waals surface area contributed by atoms with Gasteiger partial charge in [-0.3, -0.25) is 0 Å². The fraction of sp³-hybridized carbons (Fsp3) is 0.600. The van der Waals surface area contributed by atoms with Crippen molar-refractivity contribution in [1.29, 1.82) is 0 Å². The standard InChI is InChI=1S/C18H30.2C17H28.C16H26.C14H22.2C13H20.C12H18/c1-13(2)11-15-9-8-10-16(12-14(3)4)17(15)18(5,6)7;2*1-12(2)13-10-9-11-14(16(3,4)5)15(13)17(6,7)8;1-11(2)13-9-8-10-14(12(3)4)15(13)16(5,6)7;1-13(2,3)11-9-7-8-10-12(11)14(4,5)6;1-9-7-10(2)12(11(3)8-9)13(4,5)6;1-10(2)11-8-6-7-9-12(11)13(3,4)5;1-9-7-6-8-10(2)11(9)12(3,4)5/h8-10,13-14H,11-12H2,1-7H3;2*9-12H,1-8H3;8-12H,1-7H3;7-10H,1-6H3;7-8H,1-6H3;6-10H,1-5H3;6-8H,1-5H3/i;1D,3D,12D;12D;;;1D3;;. The monoisotopic (exact) mass is 1640 g/mol. The molecule has 0 amide bonds. The maximum atomic E-state index is 8.46. The van der Waals surface area contributed by atoms with Gasteiger partial charge in [-0.15, -0.1) is 0 Å². The molecule has 0 spiro atoms. The predicted octanol–water partition coefficient (Wildman–Crippen LogP) is 37.3. The van der Waals surface area contributed by atoms with E-state index in [-0.39, 0.29) is 66.5 Å². The lowest BCUT2D eigenvalue weighted by atomic mass is 9.71. The molecule has 0 aliphatic rings. The lowest BCUT2D eigenvalue weighted by molar-refractivity contribution is 0.521. The summed E-state index contributed by atoms with van der Waals surface area (Å²) in [6.07, 6.45) is 2.39. The number of hydrogen-bond donors (Lipinski definition) is 0. The van der Waals surface area contributed by atoms with Crippen LogP contribution in [0.15, 0.2) is 152 Å². The van der Waals surface area contributed by atoms with E-state index < -0.39 is 18.6 Å². The molecular formula is C120H192. The van der Waals surface area contributed by atoms with Gasteiger partial charge in [-0.05, 0) is 271 Å². The van der Waals surface area contributed by atoms with Gasteiger partial charge in [0.2, 0.25) is 0 Å². The Kier molecular flexibility index (Phi) is 37.3. The van der Waals surface area contributed by atoms with E-state index in [1.54, 1.807) is 34.4 Å². The molecule has 8 aromatic rings. The third kappa shape index (κ3) is 35.8. The highest BCUT2D eigenvalue weighted by Crippen LogP contribution is 2.43. The second-order valence-electron chi connectivity index (χ2n) is 47.9. The first-order chi connectivity index (χ1) is 56.9. The van der Waals surface area contributed by atoms with Crippen molar-refractivity contribution in [1.82, 2.24) is 0 Å². The van der Waals surface area contributed by atoms with Crippen molar-refractivity contribution in [3.8, 4) is 0 Å². The average molecular weight is 1640 g/mol. The molecule has 0 fully saturated rings. The maximum absolute atomic E-state index is 8.46. The van der Waals surface area contributed by atoms with Crippen LogP contribution in [-0.4, -0.2) is 0 Å². The van der Waals surface area contributed by atoms with E-state index in [1.807, 2.05) is 46.8 Å². The summed E-state index contributed by atoms with van der Waals surface area (Å²) in [6.45, 7) is 107. The minimum atomic E-state index is -2.01. The van der Waals surface area contributed by atoms with Gasteiger partial charge in [0.25, 0.3) is 0 Å². The van der Waals surface area contributed by atoms with E-state index in [4.69, 9.17) is 9.60 Å². The van der Waals surface area contributed by atoms with Crippen molar-refractivity contribution in [3.63, 3.8) is 0 Å². The SMILES string of the molecule is CC(C)(C)c1ccccc1C(C)(C)C.CC(C)Cc1cccc(CC(C)C)c1C(C)(C)C.CC(C)c1cccc(C(C)C)c1C(C)(C)C.CC(C)c1ccccc1C(C)(C)C.Cc1cccc(C)c1C(C)(C)C.[2H]C(C)(C)c1cccc(C(C)(C)C)c1C(C)(C)C.[2H]C([2H])([2H])c1cc(C)c(C(C)(C)C)c(C)c1.[2H]CC([2H])(C)c1cccc(C(C)(C)C[2H])c1C(C)(C)C. The summed E-state index contributed by atoms with van der Waals surface area (Å²) in [5, 5.41) is 0. The normalized spacial score (nSPS) is 14.1. The van der Waals surface area contributed by atoms with E-state index in [9.17, 15) is 0 Å². The highest BCUT2D eigenvalue weighted by atomic mass is 14.4. The van der Waals surface area contributed by atoms with E-state index in [0.717, 1.165) is 45.2 Å². The van der Waals surface area contributed by atoms with Crippen molar-refractivity contribution in [2.24, 2.45) is 11.8 Å². The summed E-state index contributed by atoms with van der Waals surface area (Å²) in [4.78, 5) is 0. The van der Waals surface area contributed by atoms with Gasteiger partial charge in [0.1, 0.15) is 0 Å². The third-order valence-corrected chi connectivity index (χ3v) is 22.0. The molecule has 0 saturated heterocycles. The van der Waals surface area contributed by atoms with Crippen LogP contribution in [0.1, 0.15) is 492 Å². The third-order valence-electron chi connectivity index (χ3n) is 22.0. The Balaban J connectivity index is 0.000000729. The molecule has 0 heterocycles. The predicted molar refractivity (Wildman–Crippen MR) is 548 cm³/mol. The molecule has 0 aromatic heterocycles. The van der Waals surface area contributed by atoms with Crippen molar-refractivity contribution >= 4 is 0 Å². The van der Waals surface area contributed by atoms with Gasteiger partial charge in [-0.1, -0.05) is 483 Å². The summed E-state index contributed by atoms with van der Waals surface area (Å²) in [5.41, 5.74) is 31.8. The molecule has 0 aliphatic heterocycles. The van der Waals surface area contributed by atoms with Gasteiger partial charge in [0, 0.05) is 9.60 Å². The first-order valence-electron chi connectivity index (χ1n) is 49.8. The van der Waals surface area contributed by atoms with E-state index in [0.29, 0.717) is 30.2 Å². The van der Waals surface area contributed by atoms with E-state index in [2.05, 4.69) is 432 Å². The minimum absolute atomic E-state index is 0.0425. The fourth-order valence-corrected chi connectivity index (χ4v) is 17.6. The minimum Gasteiger partial charge on any atom is -0.0625 e. The van der Waals surface area contributed by atoms with Crippen molar-refractivity contribution in [2.45, 2.75) is 462 Å². The van der Waals surface area contributed by atoms with Gasteiger partial charge in [0.05, 0.1) is 0 Å². The molecule has 1 atom stereocenters. The Morgan fingerprint density at radius 3 is 0.783 bits per heavy atom. The Morgan fingerprint density at radius 2 is 0.508 bits per heavy atom. The molecule has 120 heavy (non-hydrogen) atoms. The molecule has 0 bridgehead atoms. The number of hydrogen-bond acceptors (Lipinski definition) is 0. The number of aryl methyl sites for hydroxylation is 5. The average Bonchev–Trinajstić information content (AvgIpc) is 0.765. The lowest BCUT2D eigenvalue weighted by Gasteiger charge is -2.33. The van der Waals surface area contributed by atoms with Gasteiger partial charge < -0.3 is 0 Å². The lowest BCUT2D eigenvalue weighted by Crippen LogP contribution is -2.24. The summed E-state index contributed by atoms with van der Waals surface area (Å²) in [7, 11) is 0. The quantitative estimate of drug-likeness (QED) is 0.135. The molecule has 0 heteroatoms. The highest BCUT2D eigenvalue weighted by molar-refractivity contribution is 5.49. The summed E-state index contributed by atoms with van der Waals surface area (Å²) >= 11 is 0. The van der Waals surface area contributed by atoms with Crippen LogP contribution in [-0.2, 0) is 72.4 Å². The van der Waals surface area contributed by atoms with Crippen molar-refractivity contribution in [2.75, 3.05) is 0 Å². The molecule has 0 saturated carbocycles. The fourth-order valence-electron chi connectivity index (χ4n) is 17.6. The molecule has 8 rings (SSSR count). The van der Waals surface area contributed by atoms with Gasteiger partial charge in [-0.2, -0.15) is 0 Å². The Bertz CT molecular complexity index is 4470.